The van der Waals surface area contributed by atoms with Crippen LogP contribution in [0.3, 0.4) is 0 Å². The summed E-state index contributed by atoms with van der Waals surface area (Å²) in [6, 6.07) is 46.8. The first-order valence-electron chi connectivity index (χ1n) is 13.5. The molecule has 5 aromatic rings. The van der Waals surface area contributed by atoms with Crippen LogP contribution >= 0.6 is 0 Å². The fourth-order valence-corrected chi connectivity index (χ4v) is 4.98. The zero-order valence-corrected chi connectivity index (χ0v) is 23.2. The van der Waals surface area contributed by atoms with Crippen molar-refractivity contribution in [3.63, 3.8) is 0 Å². The number of allylic oxidation sites excluding steroid dienone is 3. The van der Waals surface area contributed by atoms with Gasteiger partial charge in [0.25, 0.3) is 0 Å². The molecule has 0 aliphatic carbocycles. The number of anilines is 4. The van der Waals surface area contributed by atoms with Crippen LogP contribution in [0.4, 0.5) is 22.7 Å². The molecule has 0 bridgehead atoms. The van der Waals surface area contributed by atoms with Gasteiger partial charge >= 0.3 is 0 Å². The molecule has 40 heavy (non-hydrogen) atoms. The van der Waals surface area contributed by atoms with E-state index in [-0.39, 0.29) is 0 Å². The molecule has 0 unspecified atom stereocenters. The van der Waals surface area contributed by atoms with Crippen LogP contribution in [-0.4, -0.2) is 0 Å². The molecule has 0 fully saturated rings. The molecule has 2 nitrogen and oxygen atoms in total. The van der Waals surface area contributed by atoms with Crippen LogP contribution in [0.1, 0.15) is 13.8 Å². The van der Waals surface area contributed by atoms with E-state index in [1.165, 1.54) is 22.4 Å². The lowest BCUT2D eigenvalue weighted by Gasteiger charge is -2.26. The van der Waals surface area contributed by atoms with Gasteiger partial charge in [-0.2, -0.15) is 0 Å². The third-order valence-electron chi connectivity index (χ3n) is 7.12. The van der Waals surface area contributed by atoms with Crippen molar-refractivity contribution in [1.82, 2.24) is 0 Å². The second kappa shape index (κ2) is 12.2. The predicted molar refractivity (Wildman–Crippen MR) is 173 cm³/mol. The number of nitrogens with zero attached hydrogens (tertiary/aromatic N) is 2. The normalized spacial score (nSPS) is 11.1. The van der Waals surface area contributed by atoms with Gasteiger partial charge in [0, 0.05) is 34.1 Å². The fourth-order valence-electron chi connectivity index (χ4n) is 4.98. The maximum Gasteiger partial charge on any atom is 0.0461 e. The van der Waals surface area contributed by atoms with Crippen molar-refractivity contribution >= 4 is 22.7 Å². The first kappa shape index (κ1) is 26.5. The van der Waals surface area contributed by atoms with Gasteiger partial charge in [0.2, 0.25) is 0 Å². The molecular weight excluding hydrogens is 484 g/mol. The van der Waals surface area contributed by atoms with Crippen LogP contribution in [0.15, 0.2) is 170 Å². The van der Waals surface area contributed by atoms with Crippen molar-refractivity contribution in [3.8, 4) is 22.3 Å². The maximum absolute atomic E-state index is 4.22. The average molecular weight is 519 g/mol. The molecule has 0 atom stereocenters. The molecule has 0 aliphatic heterocycles. The third-order valence-corrected chi connectivity index (χ3v) is 7.12. The molecule has 5 aromatic carbocycles. The molecule has 0 aromatic heterocycles. The highest BCUT2D eigenvalue weighted by molar-refractivity contribution is 5.85. The second-order valence-corrected chi connectivity index (χ2v) is 9.61. The quantitative estimate of drug-likeness (QED) is 0.179. The summed E-state index contributed by atoms with van der Waals surface area (Å²) in [6.07, 6.45) is 3.93. The maximum atomic E-state index is 4.22. The highest BCUT2D eigenvalue weighted by Gasteiger charge is 2.14. The predicted octanol–water partition coefficient (Wildman–Crippen LogP) is 10.9. The molecule has 0 amide bonds. The van der Waals surface area contributed by atoms with Crippen LogP contribution in [0.25, 0.3) is 22.3 Å². The van der Waals surface area contributed by atoms with E-state index in [4.69, 9.17) is 0 Å². The van der Waals surface area contributed by atoms with Gasteiger partial charge < -0.3 is 9.80 Å². The van der Waals surface area contributed by atoms with Crippen molar-refractivity contribution in [2.75, 3.05) is 9.80 Å². The Labute approximate surface area is 238 Å². The minimum absolute atomic E-state index is 0.831. The van der Waals surface area contributed by atoms with E-state index in [2.05, 4.69) is 152 Å². The van der Waals surface area contributed by atoms with Crippen LogP contribution in [0, 0.1) is 0 Å². The Hall–Kier alpha value is -5.08. The summed E-state index contributed by atoms with van der Waals surface area (Å²) in [4.78, 5) is 4.40. The van der Waals surface area contributed by atoms with Crippen molar-refractivity contribution < 1.29 is 0 Å². The molecule has 2 heteroatoms. The van der Waals surface area contributed by atoms with Crippen molar-refractivity contribution in [2.24, 2.45) is 0 Å². The topological polar surface area (TPSA) is 6.48 Å². The van der Waals surface area contributed by atoms with Crippen molar-refractivity contribution in [1.29, 1.82) is 0 Å². The Kier molecular flexibility index (Phi) is 8.08. The first-order chi connectivity index (χ1) is 19.6. The van der Waals surface area contributed by atoms with E-state index < -0.39 is 0 Å². The van der Waals surface area contributed by atoms with E-state index in [1.807, 2.05) is 24.3 Å². The summed E-state index contributed by atoms with van der Waals surface area (Å²) < 4.78 is 0. The highest BCUT2D eigenvalue weighted by atomic mass is 15.1. The lowest BCUT2D eigenvalue weighted by molar-refractivity contribution is 1.15. The van der Waals surface area contributed by atoms with E-state index in [1.54, 1.807) is 6.08 Å². The van der Waals surface area contributed by atoms with Gasteiger partial charge in [-0.3, -0.25) is 0 Å². The number of benzene rings is 5. The lowest BCUT2D eigenvalue weighted by atomic mass is 9.94. The summed E-state index contributed by atoms with van der Waals surface area (Å²) >= 11 is 0. The van der Waals surface area contributed by atoms with E-state index >= 15 is 0 Å². The van der Waals surface area contributed by atoms with Crippen LogP contribution < -0.4 is 9.80 Å². The van der Waals surface area contributed by atoms with Gasteiger partial charge in [0.1, 0.15) is 0 Å². The molecular formula is C38H34N2. The number of hydrogen-bond acceptors (Lipinski definition) is 2. The number of hydrogen-bond donors (Lipinski definition) is 0. The van der Waals surface area contributed by atoms with Gasteiger partial charge in [-0.1, -0.05) is 104 Å². The molecule has 0 N–H and O–H groups in total. The van der Waals surface area contributed by atoms with E-state index in [0.29, 0.717) is 0 Å². The van der Waals surface area contributed by atoms with Crippen LogP contribution in [0.5, 0.6) is 0 Å². The second-order valence-electron chi connectivity index (χ2n) is 9.61. The summed E-state index contributed by atoms with van der Waals surface area (Å²) in [5.41, 5.74) is 11.1. The fraction of sp³-hybridized carbons (Fsp3) is 0.0526. The molecule has 0 heterocycles. The molecule has 0 spiro atoms. The molecule has 0 radical (unpaired) electrons. The third kappa shape index (κ3) is 5.52. The monoisotopic (exact) mass is 518 g/mol. The van der Waals surface area contributed by atoms with Crippen molar-refractivity contribution in [2.45, 2.75) is 13.8 Å². The Morgan fingerprint density at radius 3 is 1.32 bits per heavy atom. The van der Waals surface area contributed by atoms with E-state index in [9.17, 15) is 0 Å². The Balaban J connectivity index is 1.48. The zero-order chi connectivity index (χ0) is 27.9. The minimum atomic E-state index is 0.831. The smallest absolute Gasteiger partial charge is 0.0461 e. The molecule has 5 rings (SSSR count). The van der Waals surface area contributed by atoms with Gasteiger partial charge in [-0.25, -0.2) is 0 Å². The summed E-state index contributed by atoms with van der Waals surface area (Å²) in [5, 5.41) is 0. The highest BCUT2D eigenvalue weighted by Crippen LogP contribution is 2.37. The number of rotatable bonds is 9. The Morgan fingerprint density at radius 2 is 0.900 bits per heavy atom. The molecule has 196 valence electrons. The van der Waals surface area contributed by atoms with Gasteiger partial charge in [0.05, 0.1) is 0 Å². The van der Waals surface area contributed by atoms with E-state index in [0.717, 1.165) is 34.0 Å². The summed E-state index contributed by atoms with van der Waals surface area (Å²) in [6.45, 7) is 12.4. The lowest BCUT2D eigenvalue weighted by Crippen LogP contribution is -2.14. The molecule has 0 saturated carbocycles. The Bertz CT molecular complexity index is 1510. The summed E-state index contributed by atoms with van der Waals surface area (Å²) in [7, 11) is 0. The zero-order valence-electron chi connectivity index (χ0n) is 23.2. The minimum Gasteiger partial charge on any atom is -0.315 e. The van der Waals surface area contributed by atoms with Gasteiger partial charge in [-0.15, -0.1) is 0 Å². The standard InChI is InChI=1S/C38H34N2/c1-5-29(3)39(33-15-9-7-10-16-33)35-25-21-31(22-26-35)37-19-13-14-20-38(37)32-23-27-36(28-24-32)40(30(4)6-2)34-17-11-8-12-18-34/h5-28H,1,3H2,2,4H3/b30-6+. The van der Waals surface area contributed by atoms with Gasteiger partial charge in [0.15, 0.2) is 0 Å². The van der Waals surface area contributed by atoms with Crippen LogP contribution in [-0.2, 0) is 0 Å². The molecule has 0 aliphatic rings. The number of para-hydroxylation sites is 2. The van der Waals surface area contributed by atoms with Crippen molar-refractivity contribution in [3.05, 3.63) is 170 Å². The average Bonchev–Trinajstić information content (AvgIpc) is 3.03. The van der Waals surface area contributed by atoms with Crippen LogP contribution in [0.2, 0.25) is 0 Å². The summed E-state index contributed by atoms with van der Waals surface area (Å²) in [5.74, 6) is 0. The Morgan fingerprint density at radius 1 is 0.525 bits per heavy atom. The molecule has 0 saturated heterocycles. The largest absolute Gasteiger partial charge is 0.315 e. The SMILES string of the molecule is C=CC(=C)N(c1ccccc1)c1ccc(-c2ccccc2-c2ccc(N(/C(C)=C/C)c3ccccc3)cc2)cc1. The van der Waals surface area contributed by atoms with Gasteiger partial charge in [-0.05, 0) is 90.7 Å². The first-order valence-corrected chi connectivity index (χ1v) is 13.5.